The standard InChI is InChI=1S/C38H44N6O4/c1-24-14-15-26-27(11-7-13-30(26)42-33(45)29-22-38(29)17-5-6-18-38)32(24)47-34-28(12-8-19-39-34)31-16-20-40-35(43-31)41-25-10-9-21-44(23-25)36(46)48-37(2,3)4/h7-8,11-16,19-20,25,29H,5-6,9-10,17-18,21-23H2,1-4H3,(H,42,45)(H,40,41,43)/t25-,29+/m0/s1. The van der Waals surface area contributed by atoms with Gasteiger partial charge in [0.25, 0.3) is 0 Å². The third kappa shape index (κ3) is 6.66. The zero-order chi connectivity index (χ0) is 33.5. The number of aromatic nitrogens is 3. The Morgan fingerprint density at radius 2 is 1.79 bits per heavy atom. The molecule has 250 valence electrons. The Labute approximate surface area is 281 Å². The first-order valence-electron chi connectivity index (χ1n) is 17.1. The summed E-state index contributed by atoms with van der Waals surface area (Å²) in [5.74, 6) is 1.80. The van der Waals surface area contributed by atoms with E-state index >= 15 is 0 Å². The van der Waals surface area contributed by atoms with Crippen LogP contribution in [-0.4, -0.2) is 56.6 Å². The zero-order valence-electron chi connectivity index (χ0n) is 28.2. The van der Waals surface area contributed by atoms with Gasteiger partial charge in [0.15, 0.2) is 0 Å². The maximum absolute atomic E-state index is 13.3. The van der Waals surface area contributed by atoms with Crippen LogP contribution in [0.5, 0.6) is 11.6 Å². The minimum absolute atomic E-state index is 0.0113. The number of aryl methyl sites for hydroxylation is 1. The second-order valence-electron chi connectivity index (χ2n) is 14.6. The van der Waals surface area contributed by atoms with Crippen LogP contribution in [-0.2, 0) is 9.53 Å². The Hall–Kier alpha value is -4.73. The molecule has 1 saturated heterocycles. The quantitative estimate of drug-likeness (QED) is 0.206. The van der Waals surface area contributed by atoms with Gasteiger partial charge < -0.3 is 25.0 Å². The molecule has 10 nitrogen and oxygen atoms in total. The van der Waals surface area contributed by atoms with Crippen LogP contribution in [0.4, 0.5) is 16.4 Å². The van der Waals surface area contributed by atoms with Gasteiger partial charge in [-0.2, -0.15) is 0 Å². The number of nitrogens with one attached hydrogen (secondary N) is 2. The van der Waals surface area contributed by atoms with Gasteiger partial charge in [0.2, 0.25) is 17.7 Å². The van der Waals surface area contributed by atoms with E-state index in [2.05, 4.69) is 20.6 Å². The third-order valence-electron chi connectivity index (χ3n) is 9.88. The van der Waals surface area contributed by atoms with Crippen LogP contribution >= 0.6 is 0 Å². The summed E-state index contributed by atoms with van der Waals surface area (Å²) in [6, 6.07) is 15.6. The van der Waals surface area contributed by atoms with E-state index in [0.29, 0.717) is 36.4 Å². The lowest BCUT2D eigenvalue weighted by Crippen LogP contribution is -2.47. The number of benzene rings is 2. The van der Waals surface area contributed by atoms with Gasteiger partial charge in [-0.25, -0.2) is 19.7 Å². The van der Waals surface area contributed by atoms with Crippen molar-refractivity contribution in [1.29, 1.82) is 0 Å². The van der Waals surface area contributed by atoms with Gasteiger partial charge in [0.05, 0.1) is 11.3 Å². The number of nitrogens with zero attached hydrogens (tertiary/aromatic N) is 4. The maximum atomic E-state index is 13.3. The molecule has 3 fully saturated rings. The van der Waals surface area contributed by atoms with Crippen LogP contribution in [0.25, 0.3) is 22.0 Å². The number of anilines is 2. The second kappa shape index (κ2) is 12.7. The SMILES string of the molecule is Cc1ccc2c(NC(=O)[C@H]3CC34CCCC4)cccc2c1Oc1ncccc1-c1ccnc(N[C@H]2CCCN(C(=O)OC(C)(C)C)C2)n1. The van der Waals surface area contributed by atoms with E-state index in [1.807, 2.05) is 76.2 Å². The van der Waals surface area contributed by atoms with Crippen molar-refractivity contribution in [3.05, 3.63) is 66.5 Å². The van der Waals surface area contributed by atoms with E-state index in [0.717, 1.165) is 46.8 Å². The van der Waals surface area contributed by atoms with Crippen LogP contribution in [0, 0.1) is 18.3 Å². The van der Waals surface area contributed by atoms with E-state index in [9.17, 15) is 9.59 Å². The number of rotatable bonds is 7. The first-order chi connectivity index (χ1) is 23.1. The Bertz CT molecular complexity index is 1850. The number of hydrogen-bond donors (Lipinski definition) is 2. The Kier molecular flexibility index (Phi) is 8.43. The van der Waals surface area contributed by atoms with Crippen LogP contribution in [0.3, 0.4) is 0 Å². The van der Waals surface area contributed by atoms with Crippen molar-refractivity contribution < 1.29 is 19.1 Å². The van der Waals surface area contributed by atoms with E-state index in [1.54, 1.807) is 17.3 Å². The molecule has 2 N–H and O–H groups in total. The summed E-state index contributed by atoms with van der Waals surface area (Å²) in [5, 5.41) is 8.48. The molecule has 0 bridgehead atoms. The number of likely N-dealkylation sites (tertiary alicyclic amines) is 1. The molecule has 1 aliphatic heterocycles. The summed E-state index contributed by atoms with van der Waals surface area (Å²) < 4.78 is 12.2. The van der Waals surface area contributed by atoms with E-state index in [-0.39, 0.29) is 29.4 Å². The normalized spacial score (nSPS) is 20.0. The van der Waals surface area contributed by atoms with Crippen molar-refractivity contribution in [2.24, 2.45) is 11.3 Å². The van der Waals surface area contributed by atoms with Crippen molar-refractivity contribution in [2.75, 3.05) is 23.7 Å². The first-order valence-corrected chi connectivity index (χ1v) is 17.1. The van der Waals surface area contributed by atoms with Gasteiger partial charge >= 0.3 is 6.09 Å². The fourth-order valence-corrected chi connectivity index (χ4v) is 7.37. The topological polar surface area (TPSA) is 119 Å². The van der Waals surface area contributed by atoms with Gasteiger partial charge in [-0.3, -0.25) is 4.79 Å². The molecule has 2 saturated carbocycles. The highest BCUT2D eigenvalue weighted by molar-refractivity contribution is 6.06. The zero-order valence-corrected chi connectivity index (χ0v) is 28.2. The molecule has 2 atom stereocenters. The van der Waals surface area contributed by atoms with Crippen molar-refractivity contribution in [1.82, 2.24) is 19.9 Å². The minimum Gasteiger partial charge on any atom is -0.444 e. The highest BCUT2D eigenvalue weighted by atomic mass is 16.6. The summed E-state index contributed by atoms with van der Waals surface area (Å²) in [6.45, 7) is 8.80. The molecule has 0 unspecified atom stereocenters. The molecule has 3 heterocycles. The number of piperidine rings is 1. The van der Waals surface area contributed by atoms with Gasteiger partial charge in [-0.1, -0.05) is 37.1 Å². The number of carbonyl (C=O) groups is 2. The number of hydrogen-bond acceptors (Lipinski definition) is 8. The molecule has 2 aromatic heterocycles. The number of fused-ring (bicyclic) bond motifs is 1. The highest BCUT2D eigenvalue weighted by Crippen LogP contribution is 2.63. The summed E-state index contributed by atoms with van der Waals surface area (Å²) in [4.78, 5) is 41.6. The molecule has 0 radical (unpaired) electrons. The Morgan fingerprint density at radius 1 is 0.958 bits per heavy atom. The van der Waals surface area contributed by atoms with E-state index < -0.39 is 5.60 Å². The number of carbonyl (C=O) groups excluding carboxylic acids is 2. The molecule has 2 amide bonds. The third-order valence-corrected chi connectivity index (χ3v) is 9.88. The molecular formula is C38H44N6O4. The van der Waals surface area contributed by atoms with Gasteiger partial charge in [0.1, 0.15) is 11.4 Å². The monoisotopic (exact) mass is 648 g/mol. The predicted molar refractivity (Wildman–Crippen MR) is 186 cm³/mol. The van der Waals surface area contributed by atoms with Crippen molar-refractivity contribution >= 4 is 34.4 Å². The summed E-state index contributed by atoms with van der Waals surface area (Å²) in [7, 11) is 0. The second-order valence-corrected chi connectivity index (χ2v) is 14.6. The molecular weight excluding hydrogens is 604 g/mol. The van der Waals surface area contributed by atoms with Crippen LogP contribution in [0.15, 0.2) is 60.9 Å². The molecule has 48 heavy (non-hydrogen) atoms. The predicted octanol–water partition coefficient (Wildman–Crippen LogP) is 8.12. The molecule has 7 rings (SSSR count). The number of amides is 2. The lowest BCUT2D eigenvalue weighted by molar-refractivity contribution is -0.118. The largest absolute Gasteiger partial charge is 0.444 e. The molecule has 4 aromatic rings. The van der Waals surface area contributed by atoms with Gasteiger partial charge in [0, 0.05) is 53.9 Å². The van der Waals surface area contributed by atoms with Crippen LogP contribution < -0.4 is 15.4 Å². The molecule has 2 aliphatic carbocycles. The van der Waals surface area contributed by atoms with Crippen LogP contribution in [0.2, 0.25) is 0 Å². The van der Waals surface area contributed by atoms with E-state index in [4.69, 9.17) is 14.5 Å². The maximum Gasteiger partial charge on any atom is 0.410 e. The minimum atomic E-state index is -0.546. The summed E-state index contributed by atoms with van der Waals surface area (Å²) >= 11 is 0. The highest BCUT2D eigenvalue weighted by Gasteiger charge is 2.58. The first kappa shape index (κ1) is 31.8. The fraction of sp³-hybridized carbons (Fsp3) is 0.447. The van der Waals surface area contributed by atoms with Crippen LogP contribution in [0.1, 0.15) is 71.3 Å². The number of ether oxygens (including phenoxy) is 2. The number of pyridine rings is 1. The average molecular weight is 649 g/mol. The van der Waals surface area contributed by atoms with Crippen molar-refractivity contribution in [3.8, 4) is 22.9 Å². The van der Waals surface area contributed by atoms with Gasteiger partial charge in [-0.15, -0.1) is 0 Å². The summed E-state index contributed by atoms with van der Waals surface area (Å²) in [6.07, 6.45) is 10.7. The average Bonchev–Trinajstić information content (AvgIpc) is 3.57. The Balaban J connectivity index is 1.10. The molecule has 3 aliphatic rings. The lowest BCUT2D eigenvalue weighted by Gasteiger charge is -2.34. The van der Waals surface area contributed by atoms with Crippen molar-refractivity contribution in [3.63, 3.8) is 0 Å². The lowest BCUT2D eigenvalue weighted by atomic mass is 10.0. The molecule has 2 aromatic carbocycles. The molecule has 1 spiro atoms. The van der Waals surface area contributed by atoms with E-state index in [1.165, 1.54) is 25.7 Å². The fourth-order valence-electron chi connectivity index (χ4n) is 7.37. The Morgan fingerprint density at radius 3 is 2.60 bits per heavy atom. The summed E-state index contributed by atoms with van der Waals surface area (Å²) in [5.41, 5.74) is 2.82. The smallest absolute Gasteiger partial charge is 0.410 e. The van der Waals surface area contributed by atoms with Crippen molar-refractivity contribution in [2.45, 2.75) is 84.3 Å². The molecule has 10 heteroatoms. The van der Waals surface area contributed by atoms with Gasteiger partial charge in [-0.05, 0) is 95.0 Å².